The second kappa shape index (κ2) is 10.8. The van der Waals surface area contributed by atoms with Gasteiger partial charge in [0.25, 0.3) is 0 Å². The lowest BCUT2D eigenvalue weighted by Crippen LogP contribution is -2.14. The van der Waals surface area contributed by atoms with E-state index in [0.717, 1.165) is 44.8 Å². The molecule has 0 fully saturated rings. The Morgan fingerprint density at radius 1 is 0.909 bits per heavy atom. The topological polar surface area (TPSA) is 94.8 Å². The smallest absolute Gasteiger partial charge is 0.336 e. The fourth-order valence-electron chi connectivity index (χ4n) is 2.35. The third-order valence-corrected chi connectivity index (χ3v) is 3.43. The molecule has 0 aliphatic rings. The lowest BCUT2D eigenvalue weighted by Gasteiger charge is -2.14. The van der Waals surface area contributed by atoms with Crippen LogP contribution >= 0.6 is 0 Å². The molecule has 3 N–H and O–H groups in total. The minimum Gasteiger partial charge on any atom is -0.478 e. The summed E-state index contributed by atoms with van der Waals surface area (Å²) in [7, 11) is 1.00. The molecule has 0 saturated carbocycles. The summed E-state index contributed by atoms with van der Waals surface area (Å²) in [6.07, 6.45) is 5.24. The fraction of sp³-hybridized carbons (Fsp3) is 0.529. The van der Waals surface area contributed by atoms with E-state index in [1.807, 2.05) is 6.92 Å². The predicted octanol–water partition coefficient (Wildman–Crippen LogP) is 3.38. The highest BCUT2D eigenvalue weighted by atomic mass is 16.4. The molecule has 0 amide bonds. The fourth-order valence-corrected chi connectivity index (χ4v) is 2.35. The molecule has 0 radical (unpaired) electrons. The number of unbranched alkanes of at least 4 members (excludes halogenated alkanes) is 2. The van der Waals surface area contributed by atoms with Crippen LogP contribution in [0.15, 0.2) is 12.1 Å². The van der Waals surface area contributed by atoms with Crippen LogP contribution in [-0.4, -0.2) is 34.4 Å². The van der Waals surface area contributed by atoms with Gasteiger partial charge in [0.15, 0.2) is 0 Å². The van der Waals surface area contributed by atoms with Crippen molar-refractivity contribution in [1.29, 1.82) is 0 Å². The Labute approximate surface area is 131 Å². The molecule has 0 bridgehead atoms. The van der Waals surface area contributed by atoms with Gasteiger partial charge in [-0.05, 0) is 42.9 Å². The highest BCUT2D eigenvalue weighted by Crippen LogP contribution is 2.24. The molecule has 124 valence electrons. The molecule has 1 rings (SSSR count). The number of aliphatic hydroxyl groups excluding tert-OH is 1. The minimum absolute atomic E-state index is 0.0282. The standard InChI is InChI=1S/C16H22O4.CH4O/c1-3-5-7-11-9-10-13(15(17)18)14(16(19)20)12(11)8-6-4-2;1-2/h9-10H,3-8H2,1-2H3,(H,17,18)(H,19,20);2H,1H3. The van der Waals surface area contributed by atoms with E-state index in [-0.39, 0.29) is 11.1 Å². The summed E-state index contributed by atoms with van der Waals surface area (Å²) in [6.45, 7) is 4.11. The summed E-state index contributed by atoms with van der Waals surface area (Å²) >= 11 is 0. The molecule has 0 atom stereocenters. The SMILES string of the molecule is CCCCc1ccc(C(=O)O)c(C(=O)O)c1CCCC.CO. The van der Waals surface area contributed by atoms with Crippen molar-refractivity contribution in [3.8, 4) is 0 Å². The van der Waals surface area contributed by atoms with Crippen molar-refractivity contribution >= 4 is 11.9 Å². The number of aryl methyl sites for hydroxylation is 1. The molecule has 0 unspecified atom stereocenters. The monoisotopic (exact) mass is 310 g/mol. The molecule has 5 heteroatoms. The maximum Gasteiger partial charge on any atom is 0.336 e. The third kappa shape index (κ3) is 5.48. The average molecular weight is 310 g/mol. The number of hydrogen-bond donors (Lipinski definition) is 3. The Bertz CT molecular complexity index is 494. The van der Waals surface area contributed by atoms with Gasteiger partial charge in [-0.15, -0.1) is 0 Å². The minimum atomic E-state index is -1.18. The molecule has 22 heavy (non-hydrogen) atoms. The molecular formula is C17H26O5. The van der Waals surface area contributed by atoms with Gasteiger partial charge in [-0.25, -0.2) is 9.59 Å². The van der Waals surface area contributed by atoms with Gasteiger partial charge in [0.2, 0.25) is 0 Å². The van der Waals surface area contributed by atoms with Gasteiger partial charge in [-0.1, -0.05) is 32.8 Å². The van der Waals surface area contributed by atoms with E-state index in [1.54, 1.807) is 6.07 Å². The number of carbonyl (C=O) groups is 2. The maximum atomic E-state index is 11.5. The summed E-state index contributed by atoms with van der Waals surface area (Å²) in [5.74, 6) is -2.32. The lowest BCUT2D eigenvalue weighted by molar-refractivity contribution is 0.0650. The molecule has 0 aromatic heterocycles. The molecule has 0 aliphatic heterocycles. The first-order valence-electron chi connectivity index (χ1n) is 7.58. The van der Waals surface area contributed by atoms with E-state index >= 15 is 0 Å². The van der Waals surface area contributed by atoms with Crippen molar-refractivity contribution in [2.75, 3.05) is 7.11 Å². The highest BCUT2D eigenvalue weighted by molar-refractivity contribution is 6.03. The van der Waals surface area contributed by atoms with Gasteiger partial charge >= 0.3 is 11.9 Å². The molecule has 5 nitrogen and oxygen atoms in total. The summed E-state index contributed by atoms with van der Waals surface area (Å²) in [6, 6.07) is 3.20. The van der Waals surface area contributed by atoms with Crippen molar-refractivity contribution < 1.29 is 24.9 Å². The van der Waals surface area contributed by atoms with Crippen LogP contribution in [0.25, 0.3) is 0 Å². The molecule has 1 aromatic rings. The van der Waals surface area contributed by atoms with Crippen LogP contribution in [0.5, 0.6) is 0 Å². The van der Waals surface area contributed by atoms with Crippen molar-refractivity contribution in [3.05, 3.63) is 34.4 Å². The Morgan fingerprint density at radius 2 is 1.45 bits per heavy atom. The summed E-state index contributed by atoms with van der Waals surface area (Å²) in [4.78, 5) is 22.7. The zero-order valence-corrected chi connectivity index (χ0v) is 13.6. The quantitative estimate of drug-likeness (QED) is 0.684. The Hall–Kier alpha value is -1.88. The predicted molar refractivity (Wildman–Crippen MR) is 85.7 cm³/mol. The van der Waals surface area contributed by atoms with E-state index in [9.17, 15) is 14.7 Å². The van der Waals surface area contributed by atoms with E-state index in [4.69, 9.17) is 10.2 Å². The molecular weight excluding hydrogens is 284 g/mol. The Morgan fingerprint density at radius 3 is 1.91 bits per heavy atom. The van der Waals surface area contributed by atoms with Gasteiger partial charge in [0.1, 0.15) is 0 Å². The van der Waals surface area contributed by atoms with E-state index in [0.29, 0.717) is 12.0 Å². The molecule has 0 spiro atoms. The van der Waals surface area contributed by atoms with E-state index in [2.05, 4.69) is 6.92 Å². The Balaban J connectivity index is 0.00000211. The van der Waals surface area contributed by atoms with Gasteiger partial charge < -0.3 is 15.3 Å². The number of aliphatic hydroxyl groups is 1. The Kier molecular flexibility index (Phi) is 9.87. The molecule has 0 saturated heterocycles. The van der Waals surface area contributed by atoms with Gasteiger partial charge in [-0.2, -0.15) is 0 Å². The van der Waals surface area contributed by atoms with Gasteiger partial charge in [0.05, 0.1) is 11.1 Å². The van der Waals surface area contributed by atoms with Crippen LogP contribution in [0.4, 0.5) is 0 Å². The summed E-state index contributed by atoms with van der Waals surface area (Å²) in [5.41, 5.74) is 1.54. The second-order valence-corrected chi connectivity index (χ2v) is 4.94. The molecule has 1 aromatic carbocycles. The van der Waals surface area contributed by atoms with Gasteiger partial charge in [-0.3, -0.25) is 0 Å². The largest absolute Gasteiger partial charge is 0.478 e. The van der Waals surface area contributed by atoms with Crippen LogP contribution in [-0.2, 0) is 12.8 Å². The van der Waals surface area contributed by atoms with Gasteiger partial charge in [0, 0.05) is 7.11 Å². The molecule has 0 aliphatic carbocycles. The number of hydrogen-bond acceptors (Lipinski definition) is 3. The molecule has 0 heterocycles. The number of aromatic carboxylic acids is 2. The number of carboxylic acid groups (broad SMARTS) is 2. The van der Waals surface area contributed by atoms with Crippen LogP contribution < -0.4 is 0 Å². The first kappa shape index (κ1) is 20.1. The van der Waals surface area contributed by atoms with Crippen LogP contribution in [0.3, 0.4) is 0 Å². The summed E-state index contributed by atoms with van der Waals surface area (Å²) < 4.78 is 0. The zero-order chi connectivity index (χ0) is 17.1. The zero-order valence-electron chi connectivity index (χ0n) is 13.6. The van der Waals surface area contributed by atoms with Crippen LogP contribution in [0.1, 0.15) is 71.4 Å². The van der Waals surface area contributed by atoms with E-state index < -0.39 is 11.9 Å². The van der Waals surface area contributed by atoms with Crippen LogP contribution in [0.2, 0.25) is 0 Å². The summed E-state index contributed by atoms with van der Waals surface area (Å²) in [5, 5.41) is 25.5. The van der Waals surface area contributed by atoms with Crippen molar-refractivity contribution in [2.24, 2.45) is 0 Å². The highest BCUT2D eigenvalue weighted by Gasteiger charge is 2.22. The number of carboxylic acids is 2. The second-order valence-electron chi connectivity index (χ2n) is 4.94. The maximum absolute atomic E-state index is 11.5. The van der Waals surface area contributed by atoms with Crippen molar-refractivity contribution in [1.82, 2.24) is 0 Å². The number of rotatable bonds is 8. The van der Waals surface area contributed by atoms with E-state index in [1.165, 1.54) is 6.07 Å². The third-order valence-electron chi connectivity index (χ3n) is 3.43. The number of benzene rings is 1. The van der Waals surface area contributed by atoms with Crippen LogP contribution in [0, 0.1) is 0 Å². The first-order valence-corrected chi connectivity index (χ1v) is 7.58. The van der Waals surface area contributed by atoms with Crippen molar-refractivity contribution in [3.63, 3.8) is 0 Å². The lowest BCUT2D eigenvalue weighted by atomic mass is 9.90. The average Bonchev–Trinajstić information content (AvgIpc) is 2.51. The van der Waals surface area contributed by atoms with Crippen molar-refractivity contribution in [2.45, 2.75) is 52.4 Å². The normalized spacial score (nSPS) is 9.82. The first-order chi connectivity index (χ1) is 10.5.